The average Bonchev–Trinajstić information content (AvgIpc) is 2.43. The average molecular weight is 319 g/mol. The van der Waals surface area contributed by atoms with Gasteiger partial charge < -0.3 is 14.2 Å². The lowest BCUT2D eigenvalue weighted by molar-refractivity contribution is 0.0249. The Balaban J connectivity index is 2.48. The van der Waals surface area contributed by atoms with E-state index in [1.807, 2.05) is 52.8 Å². The second kappa shape index (κ2) is 6.14. The van der Waals surface area contributed by atoms with Crippen molar-refractivity contribution in [3.8, 4) is 11.5 Å². The molecule has 1 heterocycles. The highest BCUT2D eigenvalue weighted by Gasteiger charge is 2.33. The number of carbonyl (C=O) groups excluding carboxylic acids is 1. The summed E-state index contributed by atoms with van der Waals surface area (Å²) in [6.45, 7) is 9.44. The molecule has 23 heavy (non-hydrogen) atoms. The molecule has 1 aliphatic rings. The van der Waals surface area contributed by atoms with E-state index >= 15 is 0 Å². The van der Waals surface area contributed by atoms with Gasteiger partial charge in [-0.1, -0.05) is 0 Å². The van der Waals surface area contributed by atoms with Crippen LogP contribution in [0, 0.1) is 0 Å². The van der Waals surface area contributed by atoms with Crippen LogP contribution in [0.2, 0.25) is 0 Å². The molecule has 0 unspecified atom stereocenters. The minimum atomic E-state index is -0.540. The van der Waals surface area contributed by atoms with Gasteiger partial charge in [-0.15, -0.1) is 0 Å². The summed E-state index contributed by atoms with van der Waals surface area (Å²) in [5.74, 6) is 1.42. The summed E-state index contributed by atoms with van der Waals surface area (Å²) in [6, 6.07) is 3.59. The van der Waals surface area contributed by atoms with Crippen LogP contribution in [0.4, 0.5) is 4.79 Å². The van der Waals surface area contributed by atoms with Crippen LogP contribution in [0.1, 0.15) is 51.8 Å². The van der Waals surface area contributed by atoms with Gasteiger partial charge >= 0.3 is 6.09 Å². The SMILES string of the molecule is COc1cc2c(c(OC)c1)[C@@H](C)N(C(=O)OC(C)(C)C)C(C)=C2. The zero-order chi connectivity index (χ0) is 17.4. The maximum Gasteiger partial charge on any atom is 0.415 e. The fraction of sp³-hybridized carbons (Fsp3) is 0.500. The van der Waals surface area contributed by atoms with E-state index in [-0.39, 0.29) is 12.1 Å². The maximum absolute atomic E-state index is 12.6. The third kappa shape index (κ3) is 3.44. The molecule has 1 atom stereocenters. The summed E-state index contributed by atoms with van der Waals surface area (Å²) in [5.41, 5.74) is 2.23. The van der Waals surface area contributed by atoms with Gasteiger partial charge in [-0.3, -0.25) is 4.90 Å². The molecule has 0 aromatic heterocycles. The van der Waals surface area contributed by atoms with E-state index in [0.717, 1.165) is 22.6 Å². The zero-order valence-corrected chi connectivity index (χ0v) is 14.9. The van der Waals surface area contributed by atoms with Crippen molar-refractivity contribution >= 4 is 12.2 Å². The Bertz CT molecular complexity index is 643. The first-order chi connectivity index (χ1) is 10.7. The van der Waals surface area contributed by atoms with Crippen LogP contribution in [-0.4, -0.2) is 30.8 Å². The Kier molecular flexibility index (Phi) is 4.59. The Labute approximate surface area is 137 Å². The molecule has 0 radical (unpaired) electrons. The number of ether oxygens (including phenoxy) is 3. The summed E-state index contributed by atoms with van der Waals surface area (Å²) in [7, 11) is 3.24. The predicted molar refractivity (Wildman–Crippen MR) is 89.7 cm³/mol. The van der Waals surface area contributed by atoms with Crippen LogP contribution in [0.5, 0.6) is 11.5 Å². The molecule has 2 rings (SSSR count). The third-order valence-corrected chi connectivity index (χ3v) is 3.74. The van der Waals surface area contributed by atoms with Crippen molar-refractivity contribution in [2.75, 3.05) is 14.2 Å². The van der Waals surface area contributed by atoms with Crippen LogP contribution >= 0.6 is 0 Å². The normalized spacial score (nSPS) is 17.3. The number of methoxy groups -OCH3 is 2. The summed E-state index contributed by atoms with van der Waals surface area (Å²) in [5, 5.41) is 0. The first kappa shape index (κ1) is 17.2. The molecule has 0 bridgehead atoms. The maximum atomic E-state index is 12.6. The molecule has 1 amide bonds. The molecule has 5 heteroatoms. The molecule has 126 valence electrons. The molecule has 0 saturated heterocycles. The van der Waals surface area contributed by atoms with Crippen LogP contribution in [0.15, 0.2) is 17.8 Å². The lowest BCUT2D eigenvalue weighted by Gasteiger charge is -2.36. The van der Waals surface area contributed by atoms with Gasteiger partial charge in [0.1, 0.15) is 17.1 Å². The second-order valence-corrected chi connectivity index (χ2v) is 6.64. The Morgan fingerprint density at radius 1 is 1.17 bits per heavy atom. The van der Waals surface area contributed by atoms with Gasteiger partial charge in [-0.05, 0) is 52.3 Å². The van der Waals surface area contributed by atoms with Crippen molar-refractivity contribution in [2.24, 2.45) is 0 Å². The highest BCUT2D eigenvalue weighted by Crippen LogP contribution is 2.42. The smallest absolute Gasteiger partial charge is 0.415 e. The van der Waals surface area contributed by atoms with Crippen LogP contribution < -0.4 is 9.47 Å². The molecule has 0 fully saturated rings. The molecule has 5 nitrogen and oxygen atoms in total. The number of fused-ring (bicyclic) bond motifs is 1. The molecule has 1 aromatic carbocycles. The molecule has 1 aromatic rings. The quantitative estimate of drug-likeness (QED) is 0.812. The topological polar surface area (TPSA) is 48.0 Å². The van der Waals surface area contributed by atoms with Gasteiger partial charge in [-0.25, -0.2) is 4.79 Å². The molecule has 0 N–H and O–H groups in total. The van der Waals surface area contributed by atoms with E-state index in [0.29, 0.717) is 5.75 Å². The van der Waals surface area contributed by atoms with E-state index in [2.05, 4.69) is 0 Å². The molecule has 1 aliphatic heterocycles. The largest absolute Gasteiger partial charge is 0.497 e. The lowest BCUT2D eigenvalue weighted by atomic mass is 9.94. The lowest BCUT2D eigenvalue weighted by Crippen LogP contribution is -2.38. The van der Waals surface area contributed by atoms with Gasteiger partial charge in [-0.2, -0.15) is 0 Å². The standard InChI is InChI=1S/C18H25NO4/c1-11-8-13-9-14(21-6)10-15(22-7)16(13)12(2)19(11)17(20)23-18(3,4)5/h8-10,12H,1-7H3/t12-/m1/s1. The van der Waals surface area contributed by atoms with Gasteiger partial charge in [0.05, 0.1) is 20.3 Å². The zero-order valence-electron chi connectivity index (χ0n) is 14.9. The van der Waals surface area contributed by atoms with E-state index < -0.39 is 5.60 Å². The van der Waals surface area contributed by atoms with Crippen molar-refractivity contribution in [3.05, 3.63) is 29.0 Å². The summed E-state index contributed by atoms with van der Waals surface area (Å²) < 4.78 is 16.4. The summed E-state index contributed by atoms with van der Waals surface area (Å²) >= 11 is 0. The second-order valence-electron chi connectivity index (χ2n) is 6.64. The Hall–Kier alpha value is -2.17. The Morgan fingerprint density at radius 2 is 1.83 bits per heavy atom. The van der Waals surface area contributed by atoms with Crippen LogP contribution in [-0.2, 0) is 4.74 Å². The number of carbonyl (C=O) groups is 1. The molecule has 0 saturated carbocycles. The van der Waals surface area contributed by atoms with E-state index in [1.54, 1.807) is 19.1 Å². The number of hydrogen-bond acceptors (Lipinski definition) is 4. The molecular weight excluding hydrogens is 294 g/mol. The highest BCUT2D eigenvalue weighted by atomic mass is 16.6. The van der Waals surface area contributed by atoms with Gasteiger partial charge in [0, 0.05) is 17.3 Å². The highest BCUT2D eigenvalue weighted by molar-refractivity contribution is 5.77. The minimum Gasteiger partial charge on any atom is -0.497 e. The number of allylic oxidation sites excluding steroid dienone is 1. The number of benzene rings is 1. The number of amides is 1. The molecule has 0 spiro atoms. The van der Waals surface area contributed by atoms with Crippen molar-refractivity contribution in [1.29, 1.82) is 0 Å². The summed E-state index contributed by atoms with van der Waals surface area (Å²) in [4.78, 5) is 14.2. The molecular formula is C18H25NO4. The van der Waals surface area contributed by atoms with E-state index in [1.165, 1.54) is 0 Å². The fourth-order valence-corrected chi connectivity index (χ4v) is 2.82. The first-order valence-electron chi connectivity index (χ1n) is 7.64. The Morgan fingerprint density at radius 3 is 2.35 bits per heavy atom. The third-order valence-electron chi connectivity index (χ3n) is 3.74. The predicted octanol–water partition coefficient (Wildman–Crippen LogP) is 4.38. The van der Waals surface area contributed by atoms with Crippen molar-refractivity contribution < 1.29 is 19.0 Å². The van der Waals surface area contributed by atoms with Gasteiger partial charge in [0.25, 0.3) is 0 Å². The van der Waals surface area contributed by atoms with E-state index in [4.69, 9.17) is 14.2 Å². The van der Waals surface area contributed by atoms with Crippen LogP contribution in [0.25, 0.3) is 6.08 Å². The van der Waals surface area contributed by atoms with Crippen molar-refractivity contribution in [1.82, 2.24) is 4.90 Å². The van der Waals surface area contributed by atoms with Crippen LogP contribution in [0.3, 0.4) is 0 Å². The monoisotopic (exact) mass is 319 g/mol. The molecule has 0 aliphatic carbocycles. The first-order valence-corrected chi connectivity index (χ1v) is 7.64. The van der Waals surface area contributed by atoms with Crippen molar-refractivity contribution in [2.45, 2.75) is 46.3 Å². The number of nitrogens with zero attached hydrogens (tertiary/aromatic N) is 1. The summed E-state index contributed by atoms with van der Waals surface area (Å²) in [6.07, 6.45) is 1.59. The van der Waals surface area contributed by atoms with Gasteiger partial charge in [0.2, 0.25) is 0 Å². The van der Waals surface area contributed by atoms with Crippen molar-refractivity contribution in [3.63, 3.8) is 0 Å². The van der Waals surface area contributed by atoms with Gasteiger partial charge in [0.15, 0.2) is 0 Å². The number of hydrogen-bond donors (Lipinski definition) is 0. The minimum absolute atomic E-state index is 0.189. The number of rotatable bonds is 2. The van der Waals surface area contributed by atoms with E-state index in [9.17, 15) is 4.79 Å². The fourth-order valence-electron chi connectivity index (χ4n) is 2.82.